The van der Waals surface area contributed by atoms with Crippen molar-refractivity contribution in [3.05, 3.63) is 34.4 Å². The SMILES string of the molecule is Ic1cccc2cncn12. The van der Waals surface area contributed by atoms with Crippen LogP contribution >= 0.6 is 22.6 Å². The standard InChI is InChI=1S/C7H5IN2/c8-7-3-1-2-6-4-9-5-10(6)7/h1-5H. The van der Waals surface area contributed by atoms with Crippen LogP contribution < -0.4 is 0 Å². The molecule has 0 fully saturated rings. The van der Waals surface area contributed by atoms with E-state index in [-0.39, 0.29) is 0 Å². The number of imidazole rings is 1. The fraction of sp³-hybridized carbons (Fsp3) is 0. The molecule has 0 amide bonds. The number of nitrogens with zero attached hydrogens (tertiary/aromatic N) is 2. The van der Waals surface area contributed by atoms with E-state index in [4.69, 9.17) is 0 Å². The van der Waals surface area contributed by atoms with Crippen LogP contribution in [0.25, 0.3) is 5.52 Å². The molecule has 0 saturated carbocycles. The molecular weight excluding hydrogens is 239 g/mol. The first-order valence-electron chi connectivity index (χ1n) is 2.94. The quantitative estimate of drug-likeness (QED) is 0.511. The molecule has 0 aliphatic heterocycles. The summed E-state index contributed by atoms with van der Waals surface area (Å²) in [5.41, 5.74) is 1.15. The lowest BCUT2D eigenvalue weighted by Gasteiger charge is -1.94. The molecule has 0 radical (unpaired) electrons. The summed E-state index contributed by atoms with van der Waals surface area (Å²) in [6.07, 6.45) is 3.67. The smallest absolute Gasteiger partial charge is 0.100 e. The molecule has 0 bridgehead atoms. The van der Waals surface area contributed by atoms with Crippen LogP contribution in [0.4, 0.5) is 0 Å². The maximum Gasteiger partial charge on any atom is 0.100 e. The molecule has 0 aromatic carbocycles. The summed E-state index contributed by atoms with van der Waals surface area (Å²) < 4.78 is 3.23. The highest BCUT2D eigenvalue weighted by atomic mass is 127. The van der Waals surface area contributed by atoms with Crippen molar-refractivity contribution < 1.29 is 0 Å². The number of fused-ring (bicyclic) bond motifs is 1. The van der Waals surface area contributed by atoms with E-state index in [9.17, 15) is 0 Å². The lowest BCUT2D eigenvalue weighted by atomic mass is 10.4. The second kappa shape index (κ2) is 2.23. The number of hydrogen-bond acceptors (Lipinski definition) is 1. The van der Waals surface area contributed by atoms with Gasteiger partial charge in [-0.05, 0) is 34.7 Å². The van der Waals surface area contributed by atoms with E-state index in [0.717, 1.165) is 5.52 Å². The Kier molecular flexibility index (Phi) is 1.37. The largest absolute Gasteiger partial charge is 0.294 e. The Labute approximate surface area is 72.0 Å². The molecular formula is C7H5IN2. The van der Waals surface area contributed by atoms with E-state index in [2.05, 4.69) is 33.6 Å². The third kappa shape index (κ3) is 0.811. The van der Waals surface area contributed by atoms with Gasteiger partial charge in [0.1, 0.15) is 6.33 Å². The van der Waals surface area contributed by atoms with Crippen molar-refractivity contribution in [1.29, 1.82) is 0 Å². The van der Waals surface area contributed by atoms with Crippen molar-refractivity contribution in [2.24, 2.45) is 0 Å². The molecule has 2 aromatic rings. The minimum atomic E-state index is 1.15. The zero-order valence-electron chi connectivity index (χ0n) is 5.16. The Morgan fingerprint density at radius 3 is 3.10 bits per heavy atom. The summed E-state index contributed by atoms with van der Waals surface area (Å²) in [6, 6.07) is 6.11. The van der Waals surface area contributed by atoms with Crippen molar-refractivity contribution in [3.63, 3.8) is 0 Å². The minimum Gasteiger partial charge on any atom is -0.294 e. The van der Waals surface area contributed by atoms with Crippen molar-refractivity contribution in [2.75, 3.05) is 0 Å². The maximum atomic E-state index is 4.02. The van der Waals surface area contributed by atoms with Crippen molar-refractivity contribution in [2.45, 2.75) is 0 Å². The average Bonchev–Trinajstić information content (AvgIpc) is 2.36. The van der Waals surface area contributed by atoms with Crippen LogP contribution in [-0.4, -0.2) is 9.38 Å². The van der Waals surface area contributed by atoms with Gasteiger partial charge in [0.2, 0.25) is 0 Å². The molecule has 2 nitrogen and oxygen atoms in total. The third-order valence-electron chi connectivity index (χ3n) is 1.40. The fourth-order valence-electron chi connectivity index (χ4n) is 0.913. The van der Waals surface area contributed by atoms with Crippen molar-refractivity contribution in [1.82, 2.24) is 9.38 Å². The predicted molar refractivity (Wildman–Crippen MR) is 47.9 cm³/mol. The second-order valence-electron chi connectivity index (χ2n) is 2.04. The zero-order valence-corrected chi connectivity index (χ0v) is 7.32. The van der Waals surface area contributed by atoms with Gasteiger partial charge in [0.15, 0.2) is 0 Å². The van der Waals surface area contributed by atoms with E-state index in [1.54, 1.807) is 0 Å². The van der Waals surface area contributed by atoms with E-state index in [1.165, 1.54) is 3.70 Å². The van der Waals surface area contributed by atoms with Gasteiger partial charge in [-0.15, -0.1) is 0 Å². The van der Waals surface area contributed by atoms with Crippen LogP contribution in [0.3, 0.4) is 0 Å². The summed E-state index contributed by atoms with van der Waals surface area (Å²) in [5.74, 6) is 0. The molecule has 0 saturated heterocycles. The molecule has 50 valence electrons. The van der Waals surface area contributed by atoms with Crippen LogP contribution in [0, 0.1) is 3.70 Å². The summed E-state index contributed by atoms with van der Waals surface area (Å²) >= 11 is 2.28. The van der Waals surface area contributed by atoms with Gasteiger partial charge in [0.05, 0.1) is 15.4 Å². The third-order valence-corrected chi connectivity index (χ3v) is 2.28. The molecule has 2 aromatic heterocycles. The highest BCUT2D eigenvalue weighted by Crippen LogP contribution is 2.07. The molecule has 0 unspecified atom stereocenters. The van der Waals surface area contributed by atoms with Crippen molar-refractivity contribution in [3.8, 4) is 0 Å². The molecule has 3 heteroatoms. The summed E-state index contributed by atoms with van der Waals surface area (Å²) in [4.78, 5) is 4.02. The van der Waals surface area contributed by atoms with Crippen LogP contribution in [0.1, 0.15) is 0 Å². The van der Waals surface area contributed by atoms with Gasteiger partial charge < -0.3 is 0 Å². The molecule has 2 rings (SSSR count). The van der Waals surface area contributed by atoms with Gasteiger partial charge in [-0.25, -0.2) is 4.98 Å². The van der Waals surface area contributed by atoms with Crippen LogP contribution in [0.2, 0.25) is 0 Å². The first-order valence-corrected chi connectivity index (χ1v) is 4.02. The molecule has 10 heavy (non-hydrogen) atoms. The van der Waals surface area contributed by atoms with Crippen molar-refractivity contribution >= 4 is 28.1 Å². The van der Waals surface area contributed by atoms with E-state index >= 15 is 0 Å². The van der Waals surface area contributed by atoms with Crippen LogP contribution in [0.15, 0.2) is 30.7 Å². The molecule has 0 aliphatic carbocycles. The van der Waals surface area contributed by atoms with E-state index in [0.29, 0.717) is 0 Å². The van der Waals surface area contributed by atoms with Gasteiger partial charge in [-0.2, -0.15) is 0 Å². The number of halogens is 1. The Bertz CT molecular complexity index is 353. The first-order chi connectivity index (χ1) is 4.88. The topological polar surface area (TPSA) is 17.3 Å². The van der Waals surface area contributed by atoms with Gasteiger partial charge in [0.25, 0.3) is 0 Å². The highest BCUT2D eigenvalue weighted by molar-refractivity contribution is 14.1. The summed E-state index contributed by atoms with van der Waals surface area (Å²) in [5, 5.41) is 0. The van der Waals surface area contributed by atoms with Crippen LogP contribution in [-0.2, 0) is 0 Å². The van der Waals surface area contributed by atoms with Gasteiger partial charge in [-0.3, -0.25) is 4.40 Å². The molecule has 0 spiro atoms. The number of aromatic nitrogens is 2. The maximum absolute atomic E-state index is 4.02. The second-order valence-corrected chi connectivity index (χ2v) is 3.14. The Morgan fingerprint density at radius 2 is 2.30 bits per heavy atom. The van der Waals surface area contributed by atoms with Crippen LogP contribution in [0.5, 0.6) is 0 Å². The molecule has 0 aliphatic rings. The Balaban J connectivity index is 2.95. The number of hydrogen-bond donors (Lipinski definition) is 0. The lowest BCUT2D eigenvalue weighted by molar-refractivity contribution is 1.11. The van der Waals surface area contributed by atoms with E-state index in [1.807, 2.05) is 29.1 Å². The highest BCUT2D eigenvalue weighted by Gasteiger charge is 1.93. The minimum absolute atomic E-state index is 1.15. The average molecular weight is 244 g/mol. The molecule has 2 heterocycles. The molecule has 0 atom stereocenters. The zero-order chi connectivity index (χ0) is 6.97. The summed E-state index contributed by atoms with van der Waals surface area (Å²) in [6.45, 7) is 0. The Morgan fingerprint density at radius 1 is 1.40 bits per heavy atom. The first kappa shape index (κ1) is 6.15. The van der Waals surface area contributed by atoms with E-state index < -0.39 is 0 Å². The summed E-state index contributed by atoms with van der Waals surface area (Å²) in [7, 11) is 0. The van der Waals surface area contributed by atoms with Gasteiger partial charge in [0, 0.05) is 0 Å². The van der Waals surface area contributed by atoms with Gasteiger partial charge >= 0.3 is 0 Å². The number of rotatable bonds is 0. The Hall–Kier alpha value is -0.580. The number of pyridine rings is 1. The normalized spacial score (nSPS) is 10.5. The van der Waals surface area contributed by atoms with Gasteiger partial charge in [-0.1, -0.05) is 6.07 Å². The lowest BCUT2D eigenvalue weighted by Crippen LogP contribution is -1.85. The fourth-order valence-corrected chi connectivity index (χ4v) is 1.52. The monoisotopic (exact) mass is 244 g/mol. The predicted octanol–water partition coefficient (Wildman–Crippen LogP) is 1.94. The molecule has 0 N–H and O–H groups in total.